The first kappa shape index (κ1) is 39.7. The molecule has 3 atom stereocenters. The number of carbonyl (C=O) groups is 3. The monoisotopic (exact) mass is 603 g/mol. The van der Waals surface area contributed by atoms with Gasteiger partial charge in [0.1, 0.15) is 13.2 Å². The van der Waals surface area contributed by atoms with Crippen LogP contribution in [-0.2, 0) is 33.3 Å². The van der Waals surface area contributed by atoms with Crippen LogP contribution in [0.25, 0.3) is 0 Å². The second kappa shape index (κ2) is 15.4. The van der Waals surface area contributed by atoms with Crippen LogP contribution in [0.15, 0.2) is 0 Å². The molecule has 0 aromatic rings. The van der Waals surface area contributed by atoms with Gasteiger partial charge in [0, 0.05) is 13.7 Å². The van der Waals surface area contributed by atoms with Crippen LogP contribution in [0, 0.1) is 32.5 Å². The topological polar surface area (TPSA) is 100 Å². The van der Waals surface area contributed by atoms with E-state index in [9.17, 15) is 14.4 Å². The first-order valence-corrected chi connectivity index (χ1v) is 15.3. The fourth-order valence-corrected chi connectivity index (χ4v) is 5.86. The van der Waals surface area contributed by atoms with Gasteiger partial charge in [-0.1, -0.05) is 69.2 Å². The van der Waals surface area contributed by atoms with Gasteiger partial charge in [-0.3, -0.25) is 14.4 Å². The highest BCUT2D eigenvalue weighted by Gasteiger charge is 2.67. The minimum atomic E-state index is -0.992. The molecule has 0 saturated carbocycles. The molecule has 41 heavy (non-hydrogen) atoms. The van der Waals surface area contributed by atoms with Crippen LogP contribution in [0.3, 0.4) is 0 Å². The Morgan fingerprint density at radius 2 is 1.22 bits per heavy atom. The lowest BCUT2D eigenvalue weighted by molar-refractivity contribution is -0.208. The van der Waals surface area contributed by atoms with Crippen LogP contribution >= 0.6 is 12.6 Å². The molecule has 242 valence electrons. The Morgan fingerprint density at radius 1 is 0.707 bits per heavy atom. The third kappa shape index (κ3) is 9.85. The van der Waals surface area contributed by atoms with Gasteiger partial charge in [0.2, 0.25) is 0 Å². The molecule has 0 fully saturated rings. The third-order valence-corrected chi connectivity index (χ3v) is 9.76. The highest BCUT2D eigenvalue weighted by Crippen LogP contribution is 2.66. The van der Waals surface area contributed by atoms with Gasteiger partial charge < -0.3 is 24.3 Å². The molecule has 0 bridgehead atoms. The quantitative estimate of drug-likeness (QED) is 0.0890. The summed E-state index contributed by atoms with van der Waals surface area (Å²) in [7, 11) is 1.66. The van der Waals surface area contributed by atoms with Crippen LogP contribution in [0.4, 0.5) is 0 Å². The van der Waals surface area contributed by atoms with Crippen LogP contribution in [0.5, 0.6) is 0 Å². The highest BCUT2D eigenvalue weighted by atomic mass is 32.1. The molecule has 0 saturated heterocycles. The fourth-order valence-electron chi connectivity index (χ4n) is 5.78. The van der Waals surface area contributed by atoms with E-state index in [0.29, 0.717) is 26.1 Å². The molecule has 0 rings (SSSR count). The summed E-state index contributed by atoms with van der Waals surface area (Å²) in [4.78, 5) is 39.8. The van der Waals surface area contributed by atoms with Crippen molar-refractivity contribution < 1.29 is 33.3 Å². The van der Waals surface area contributed by atoms with Gasteiger partial charge in [-0.05, 0) is 61.8 Å². The van der Waals surface area contributed by atoms with Crippen LogP contribution in [0.1, 0.15) is 103 Å². The number of esters is 3. The number of methoxy groups -OCH3 is 1. The maximum Gasteiger partial charge on any atom is 0.318 e. The summed E-state index contributed by atoms with van der Waals surface area (Å²) in [6.07, 6.45) is 1.20. The summed E-state index contributed by atoms with van der Waals surface area (Å²) in [5, 5.41) is 2.71. The van der Waals surface area contributed by atoms with Crippen molar-refractivity contribution in [2.75, 3.05) is 46.6 Å². The zero-order valence-electron chi connectivity index (χ0n) is 28.5. The maximum absolute atomic E-state index is 14.0. The molecule has 0 aromatic heterocycles. The SMILES string of the molecule is COCCNCCCOC(=O)C(C)(C(C)(C)C)C(C)(C)C(C)(C)C(C)(CC(C)(C)C)C(=O)OCCOC(=O)C(C)S. The normalized spacial score (nSPS) is 16.8. The van der Waals surface area contributed by atoms with E-state index < -0.39 is 38.3 Å². The smallest absolute Gasteiger partial charge is 0.318 e. The number of hydrogen-bond donors (Lipinski definition) is 2. The molecule has 0 radical (unpaired) electrons. The van der Waals surface area contributed by atoms with E-state index in [1.165, 1.54) is 0 Å². The standard InChI is InChI=1S/C32H61NO7S/c1-23(41)24(34)38-20-21-40-25(35)31(12,22-27(2,3)4)29(8,9)30(10,11)32(13,28(5,6)7)26(36)39-18-15-16-33-17-19-37-14/h23,33,41H,15-22H2,1-14H3. The molecule has 0 spiro atoms. The second-order valence-electron chi connectivity index (χ2n) is 14.9. The lowest BCUT2D eigenvalue weighted by Crippen LogP contribution is -2.63. The molecule has 3 unspecified atom stereocenters. The molecule has 0 heterocycles. The number of carbonyl (C=O) groups excluding carboxylic acids is 3. The first-order valence-electron chi connectivity index (χ1n) is 14.8. The van der Waals surface area contributed by atoms with Crippen LogP contribution in [0.2, 0.25) is 0 Å². The van der Waals surface area contributed by atoms with E-state index in [-0.39, 0.29) is 30.6 Å². The summed E-state index contributed by atoms with van der Waals surface area (Å²) < 4.78 is 21.9. The van der Waals surface area contributed by atoms with Gasteiger partial charge >= 0.3 is 17.9 Å². The van der Waals surface area contributed by atoms with Gasteiger partial charge in [0.15, 0.2) is 0 Å². The Labute approximate surface area is 256 Å². The van der Waals surface area contributed by atoms with Gasteiger partial charge in [0.05, 0.1) is 29.3 Å². The Bertz CT molecular complexity index is 857. The average molecular weight is 604 g/mol. The molecule has 0 amide bonds. The molecule has 8 nitrogen and oxygen atoms in total. The van der Waals surface area contributed by atoms with E-state index in [4.69, 9.17) is 18.9 Å². The van der Waals surface area contributed by atoms with Crippen molar-refractivity contribution in [3.63, 3.8) is 0 Å². The van der Waals surface area contributed by atoms with Gasteiger partial charge in [0.25, 0.3) is 0 Å². The van der Waals surface area contributed by atoms with Crippen molar-refractivity contribution in [2.45, 2.75) is 108 Å². The van der Waals surface area contributed by atoms with Gasteiger partial charge in [-0.15, -0.1) is 0 Å². The van der Waals surface area contributed by atoms with Crippen LogP contribution < -0.4 is 5.32 Å². The number of rotatable bonds is 17. The van der Waals surface area contributed by atoms with Crippen molar-refractivity contribution in [1.29, 1.82) is 0 Å². The van der Waals surface area contributed by atoms with E-state index in [1.54, 1.807) is 14.0 Å². The van der Waals surface area contributed by atoms with Crippen molar-refractivity contribution in [2.24, 2.45) is 32.5 Å². The Balaban J connectivity index is 6.26. The van der Waals surface area contributed by atoms with Gasteiger partial charge in [-0.25, -0.2) is 0 Å². The minimum Gasteiger partial charge on any atom is -0.465 e. The first-order chi connectivity index (χ1) is 18.4. The van der Waals surface area contributed by atoms with E-state index in [0.717, 1.165) is 13.1 Å². The molecule has 0 aromatic carbocycles. The molecule has 9 heteroatoms. The summed E-state index contributed by atoms with van der Waals surface area (Å²) in [6.45, 7) is 28.5. The van der Waals surface area contributed by atoms with E-state index in [1.807, 2.05) is 13.8 Å². The summed E-state index contributed by atoms with van der Waals surface area (Å²) in [6, 6.07) is 0. The lowest BCUT2D eigenvalue weighted by Gasteiger charge is -2.62. The largest absolute Gasteiger partial charge is 0.465 e. The Kier molecular flexibility index (Phi) is 14.9. The number of thiol groups is 1. The highest BCUT2D eigenvalue weighted by molar-refractivity contribution is 7.81. The molecule has 1 N–H and O–H groups in total. The summed E-state index contributed by atoms with van der Waals surface area (Å²) in [5.74, 6) is -1.13. The summed E-state index contributed by atoms with van der Waals surface area (Å²) in [5.41, 5.74) is -4.16. The molecule has 0 aliphatic heterocycles. The zero-order valence-corrected chi connectivity index (χ0v) is 29.4. The van der Waals surface area contributed by atoms with Crippen LogP contribution in [-0.4, -0.2) is 69.8 Å². The zero-order chi connectivity index (χ0) is 32.5. The van der Waals surface area contributed by atoms with E-state index >= 15 is 0 Å². The van der Waals surface area contributed by atoms with Crippen molar-refractivity contribution in [3.05, 3.63) is 0 Å². The fraction of sp³-hybridized carbons (Fsp3) is 0.906. The van der Waals surface area contributed by atoms with Crippen molar-refractivity contribution in [3.8, 4) is 0 Å². The third-order valence-electron chi connectivity index (χ3n) is 9.55. The predicted octanol–water partition coefficient (Wildman–Crippen LogP) is 6.11. The maximum atomic E-state index is 14.0. The lowest BCUT2D eigenvalue weighted by atomic mass is 9.41. The van der Waals surface area contributed by atoms with E-state index in [2.05, 4.69) is 87.2 Å². The Morgan fingerprint density at radius 3 is 1.68 bits per heavy atom. The van der Waals surface area contributed by atoms with Crippen molar-refractivity contribution in [1.82, 2.24) is 5.32 Å². The number of ether oxygens (including phenoxy) is 4. The van der Waals surface area contributed by atoms with Crippen molar-refractivity contribution >= 4 is 30.5 Å². The molecular weight excluding hydrogens is 542 g/mol. The minimum absolute atomic E-state index is 0.0444. The second-order valence-corrected chi connectivity index (χ2v) is 15.7. The number of nitrogens with one attached hydrogen (secondary N) is 1. The number of hydrogen-bond acceptors (Lipinski definition) is 9. The average Bonchev–Trinajstić information content (AvgIpc) is 2.82. The Hall–Kier alpha value is -1.32. The molecule has 0 aliphatic carbocycles. The summed E-state index contributed by atoms with van der Waals surface area (Å²) >= 11 is 4.08. The molecular formula is C32H61NO7S. The van der Waals surface area contributed by atoms with Gasteiger partial charge in [-0.2, -0.15) is 12.6 Å². The molecule has 0 aliphatic rings. The predicted molar refractivity (Wildman–Crippen MR) is 168 cm³/mol.